The highest BCUT2D eigenvalue weighted by atomic mass is 32.1. The lowest BCUT2D eigenvalue weighted by Gasteiger charge is -2.23. The molecule has 0 spiro atoms. The fourth-order valence-corrected chi connectivity index (χ4v) is 2.91. The van der Waals surface area contributed by atoms with Crippen molar-refractivity contribution < 1.29 is 14.7 Å². The summed E-state index contributed by atoms with van der Waals surface area (Å²) in [5.74, 6) is -1.01. The molecule has 0 aliphatic rings. The van der Waals surface area contributed by atoms with Crippen LogP contribution in [-0.2, 0) is 4.79 Å². The second-order valence-corrected chi connectivity index (χ2v) is 5.90. The van der Waals surface area contributed by atoms with E-state index >= 15 is 0 Å². The number of carboxylic acid groups (broad SMARTS) is 1. The van der Waals surface area contributed by atoms with Crippen molar-refractivity contribution in [3.8, 4) is 0 Å². The van der Waals surface area contributed by atoms with E-state index in [0.717, 1.165) is 15.6 Å². The third kappa shape index (κ3) is 4.48. The number of aliphatic carboxylic acids is 1. The van der Waals surface area contributed by atoms with Crippen LogP contribution in [0.25, 0.3) is 0 Å². The minimum Gasteiger partial charge on any atom is -0.480 e. The first kappa shape index (κ1) is 16.4. The highest BCUT2D eigenvalue weighted by molar-refractivity contribution is 7.11. The second kappa shape index (κ2) is 7.23. The molecule has 1 aromatic rings. The average molecular weight is 299 g/mol. The first-order valence-corrected chi connectivity index (χ1v) is 7.38. The lowest BCUT2D eigenvalue weighted by atomic mass is 10.2. The predicted molar refractivity (Wildman–Crippen MR) is 78.0 cm³/mol. The van der Waals surface area contributed by atoms with E-state index in [4.69, 9.17) is 5.11 Å². The normalized spacial score (nSPS) is 12.0. The minimum absolute atomic E-state index is 0.179. The average Bonchev–Trinajstić information content (AvgIpc) is 2.67. The summed E-state index contributed by atoms with van der Waals surface area (Å²) in [5.41, 5.74) is 0.903. The van der Waals surface area contributed by atoms with Crippen LogP contribution in [0.15, 0.2) is 0 Å². The Morgan fingerprint density at radius 3 is 2.55 bits per heavy atom. The van der Waals surface area contributed by atoms with Crippen LogP contribution >= 0.6 is 11.3 Å². The lowest BCUT2D eigenvalue weighted by molar-refractivity contribution is -0.137. The fraction of sp³-hybridized carbons (Fsp3) is 0.615. The molecule has 2 N–H and O–H groups in total. The van der Waals surface area contributed by atoms with Gasteiger partial charge in [-0.3, -0.25) is 4.79 Å². The van der Waals surface area contributed by atoms with E-state index in [1.807, 2.05) is 27.7 Å². The number of carboxylic acids is 1. The SMILES string of the molecule is CCCN(CC(=O)O)C(=O)NC(C)c1sc(C)nc1C. The fourth-order valence-electron chi connectivity index (χ4n) is 1.98. The largest absolute Gasteiger partial charge is 0.480 e. The number of carbonyl (C=O) groups is 2. The molecule has 0 radical (unpaired) electrons. The van der Waals surface area contributed by atoms with Gasteiger partial charge in [-0.1, -0.05) is 6.92 Å². The Labute approximate surface area is 122 Å². The van der Waals surface area contributed by atoms with Gasteiger partial charge < -0.3 is 15.3 Å². The van der Waals surface area contributed by atoms with Crippen molar-refractivity contribution in [1.82, 2.24) is 15.2 Å². The first-order valence-electron chi connectivity index (χ1n) is 6.56. The van der Waals surface area contributed by atoms with Crippen LogP contribution < -0.4 is 5.32 Å². The zero-order chi connectivity index (χ0) is 15.3. The van der Waals surface area contributed by atoms with Crippen LogP contribution in [0.2, 0.25) is 0 Å². The Morgan fingerprint density at radius 1 is 1.45 bits per heavy atom. The van der Waals surface area contributed by atoms with Crippen molar-refractivity contribution in [3.63, 3.8) is 0 Å². The minimum atomic E-state index is -1.01. The number of urea groups is 1. The van der Waals surface area contributed by atoms with Gasteiger partial charge in [0.2, 0.25) is 0 Å². The number of rotatable bonds is 6. The van der Waals surface area contributed by atoms with Crippen molar-refractivity contribution in [2.75, 3.05) is 13.1 Å². The molecule has 1 rings (SSSR count). The zero-order valence-corrected chi connectivity index (χ0v) is 13.1. The van der Waals surface area contributed by atoms with Crippen molar-refractivity contribution in [1.29, 1.82) is 0 Å². The van der Waals surface area contributed by atoms with Crippen LogP contribution in [0, 0.1) is 13.8 Å². The standard InChI is InChI=1S/C13H21N3O3S/c1-5-6-16(7-11(17)18)13(19)15-9(3)12-8(2)14-10(4)20-12/h9H,5-7H2,1-4H3,(H,15,19)(H,17,18). The molecular weight excluding hydrogens is 278 g/mol. The lowest BCUT2D eigenvalue weighted by Crippen LogP contribution is -2.43. The van der Waals surface area contributed by atoms with Gasteiger partial charge in [0, 0.05) is 11.4 Å². The molecule has 0 fully saturated rings. The van der Waals surface area contributed by atoms with Gasteiger partial charge in [-0.05, 0) is 27.2 Å². The molecule has 0 aliphatic carbocycles. The Bertz CT molecular complexity index is 487. The van der Waals surface area contributed by atoms with Crippen molar-refractivity contribution >= 4 is 23.3 Å². The molecule has 0 saturated heterocycles. The smallest absolute Gasteiger partial charge is 0.323 e. The zero-order valence-electron chi connectivity index (χ0n) is 12.3. The third-order valence-electron chi connectivity index (χ3n) is 2.78. The maximum Gasteiger partial charge on any atom is 0.323 e. The number of nitrogens with one attached hydrogen (secondary N) is 1. The summed E-state index contributed by atoms with van der Waals surface area (Å²) in [4.78, 5) is 29.5. The van der Waals surface area contributed by atoms with E-state index in [-0.39, 0.29) is 18.6 Å². The maximum absolute atomic E-state index is 12.1. The van der Waals surface area contributed by atoms with Crippen LogP contribution in [-0.4, -0.2) is 40.1 Å². The molecule has 2 amide bonds. The number of aryl methyl sites for hydroxylation is 2. The van der Waals surface area contributed by atoms with Gasteiger partial charge >= 0.3 is 12.0 Å². The number of nitrogens with zero attached hydrogens (tertiary/aromatic N) is 2. The van der Waals surface area contributed by atoms with Crippen molar-refractivity contribution in [3.05, 3.63) is 15.6 Å². The highest BCUT2D eigenvalue weighted by Gasteiger charge is 2.20. The highest BCUT2D eigenvalue weighted by Crippen LogP contribution is 2.24. The van der Waals surface area contributed by atoms with Crippen LogP contribution in [0.5, 0.6) is 0 Å². The summed E-state index contributed by atoms with van der Waals surface area (Å²) in [6, 6.07) is -0.533. The Balaban J connectivity index is 2.71. The summed E-state index contributed by atoms with van der Waals surface area (Å²) < 4.78 is 0. The van der Waals surface area contributed by atoms with E-state index in [1.54, 1.807) is 11.3 Å². The molecule has 0 aliphatic heterocycles. The number of hydrogen-bond donors (Lipinski definition) is 2. The summed E-state index contributed by atoms with van der Waals surface area (Å²) >= 11 is 1.54. The molecule has 1 heterocycles. The van der Waals surface area contributed by atoms with Crippen molar-refractivity contribution in [2.24, 2.45) is 0 Å². The maximum atomic E-state index is 12.1. The summed E-state index contributed by atoms with van der Waals surface area (Å²) in [6.45, 7) is 7.75. The van der Waals surface area contributed by atoms with Crippen LogP contribution in [0.3, 0.4) is 0 Å². The molecule has 0 aromatic carbocycles. The van der Waals surface area contributed by atoms with Gasteiger partial charge in [0.25, 0.3) is 0 Å². The molecule has 20 heavy (non-hydrogen) atoms. The summed E-state index contributed by atoms with van der Waals surface area (Å²) in [5, 5.41) is 12.6. The number of thiazole rings is 1. The molecule has 1 aromatic heterocycles. The first-order chi connectivity index (χ1) is 9.35. The number of amides is 2. The molecular formula is C13H21N3O3S. The number of aromatic nitrogens is 1. The van der Waals surface area contributed by atoms with E-state index in [1.165, 1.54) is 4.90 Å². The third-order valence-corrected chi connectivity index (χ3v) is 4.04. The molecule has 0 saturated carbocycles. The molecule has 1 unspecified atom stereocenters. The predicted octanol–water partition coefficient (Wildman–Crippen LogP) is 2.33. The molecule has 7 heteroatoms. The van der Waals surface area contributed by atoms with Gasteiger partial charge in [0.05, 0.1) is 16.7 Å². The monoisotopic (exact) mass is 299 g/mol. The van der Waals surface area contributed by atoms with E-state index in [0.29, 0.717) is 13.0 Å². The number of carbonyl (C=O) groups excluding carboxylic acids is 1. The van der Waals surface area contributed by atoms with E-state index in [2.05, 4.69) is 10.3 Å². The van der Waals surface area contributed by atoms with Gasteiger partial charge in [-0.15, -0.1) is 11.3 Å². The molecule has 6 nitrogen and oxygen atoms in total. The van der Waals surface area contributed by atoms with Gasteiger partial charge in [-0.2, -0.15) is 0 Å². The summed E-state index contributed by atoms with van der Waals surface area (Å²) in [7, 11) is 0. The second-order valence-electron chi connectivity index (χ2n) is 4.67. The Morgan fingerprint density at radius 2 is 2.10 bits per heavy atom. The van der Waals surface area contributed by atoms with Crippen LogP contribution in [0.4, 0.5) is 4.79 Å². The topological polar surface area (TPSA) is 82.5 Å². The number of hydrogen-bond acceptors (Lipinski definition) is 4. The van der Waals surface area contributed by atoms with Gasteiger partial charge in [0.15, 0.2) is 0 Å². The van der Waals surface area contributed by atoms with Gasteiger partial charge in [0.1, 0.15) is 6.54 Å². The van der Waals surface area contributed by atoms with Crippen molar-refractivity contribution in [2.45, 2.75) is 40.2 Å². The Hall–Kier alpha value is -1.63. The van der Waals surface area contributed by atoms with E-state index in [9.17, 15) is 9.59 Å². The molecule has 1 atom stereocenters. The van der Waals surface area contributed by atoms with Crippen LogP contribution in [0.1, 0.15) is 41.9 Å². The summed E-state index contributed by atoms with van der Waals surface area (Å²) in [6.07, 6.45) is 0.716. The van der Waals surface area contributed by atoms with E-state index < -0.39 is 5.97 Å². The Kier molecular flexibility index (Phi) is 5.94. The molecule has 0 bridgehead atoms. The quantitative estimate of drug-likeness (QED) is 0.844. The molecule has 112 valence electrons. The van der Waals surface area contributed by atoms with Gasteiger partial charge in [-0.25, -0.2) is 9.78 Å².